The van der Waals surface area contributed by atoms with Crippen molar-refractivity contribution >= 4 is 34.8 Å². The Bertz CT molecular complexity index is 765. The monoisotopic (exact) mass is 395 g/mol. The molecule has 0 spiro atoms. The molecule has 7 heteroatoms. The Balaban J connectivity index is 1.76. The highest BCUT2D eigenvalue weighted by Crippen LogP contribution is 2.22. The van der Waals surface area contributed by atoms with E-state index < -0.39 is 0 Å². The Hall–Kier alpha value is -1.82. The molecule has 0 aliphatic carbocycles. The van der Waals surface area contributed by atoms with Crippen LogP contribution in [0, 0.1) is 5.82 Å². The van der Waals surface area contributed by atoms with Gasteiger partial charge in [-0.1, -0.05) is 23.2 Å². The molecule has 1 atom stereocenters. The normalized spacial score (nSPS) is 17.2. The molecule has 0 saturated carbocycles. The van der Waals surface area contributed by atoms with Gasteiger partial charge in [0.2, 0.25) is 5.91 Å². The molecule has 1 aliphatic rings. The lowest BCUT2D eigenvalue weighted by atomic mass is 10.1. The molecule has 2 aromatic rings. The van der Waals surface area contributed by atoms with E-state index in [4.69, 9.17) is 23.2 Å². The maximum atomic E-state index is 13.2. The summed E-state index contributed by atoms with van der Waals surface area (Å²) in [4.78, 5) is 16.7. The van der Waals surface area contributed by atoms with E-state index >= 15 is 0 Å². The van der Waals surface area contributed by atoms with Crippen LogP contribution < -0.4 is 10.2 Å². The largest absolute Gasteiger partial charge is 0.357 e. The zero-order chi connectivity index (χ0) is 18.7. The van der Waals surface area contributed by atoms with Crippen molar-refractivity contribution in [2.24, 2.45) is 0 Å². The Labute approximate surface area is 162 Å². The highest BCUT2D eigenvalue weighted by atomic mass is 35.5. The van der Waals surface area contributed by atoms with Gasteiger partial charge in [0.1, 0.15) is 11.9 Å². The molecule has 4 nitrogen and oxygen atoms in total. The number of carbonyl (C=O) groups is 1. The van der Waals surface area contributed by atoms with Crippen LogP contribution in [0.3, 0.4) is 0 Å². The summed E-state index contributed by atoms with van der Waals surface area (Å²) in [7, 11) is 1.76. The number of anilines is 1. The molecule has 1 unspecified atom stereocenters. The summed E-state index contributed by atoms with van der Waals surface area (Å²) in [5.74, 6) is -0.306. The van der Waals surface area contributed by atoms with Crippen molar-refractivity contribution in [2.45, 2.75) is 12.6 Å². The van der Waals surface area contributed by atoms with Crippen molar-refractivity contribution in [3.63, 3.8) is 0 Å². The van der Waals surface area contributed by atoms with E-state index in [0.717, 1.165) is 17.8 Å². The number of hydrogen-bond donors (Lipinski definition) is 1. The lowest BCUT2D eigenvalue weighted by Crippen LogP contribution is -2.58. The summed E-state index contributed by atoms with van der Waals surface area (Å²) in [6.45, 7) is 2.40. The van der Waals surface area contributed by atoms with E-state index in [1.165, 1.54) is 12.1 Å². The third kappa shape index (κ3) is 4.47. The summed E-state index contributed by atoms with van der Waals surface area (Å²) in [6.07, 6.45) is 0. The summed E-state index contributed by atoms with van der Waals surface area (Å²) in [5, 5.41) is 4.34. The minimum atomic E-state index is -0.353. The highest BCUT2D eigenvalue weighted by molar-refractivity contribution is 6.34. The Kier molecular flexibility index (Phi) is 6.01. The zero-order valence-electron chi connectivity index (χ0n) is 14.4. The molecule has 0 aromatic heterocycles. The van der Waals surface area contributed by atoms with Gasteiger partial charge in [0.15, 0.2) is 0 Å². The van der Waals surface area contributed by atoms with Crippen molar-refractivity contribution in [1.82, 2.24) is 10.2 Å². The number of hydrogen-bond acceptors (Lipinski definition) is 3. The molecule has 1 heterocycles. The van der Waals surface area contributed by atoms with Gasteiger partial charge in [-0.15, -0.1) is 0 Å². The first kappa shape index (κ1) is 19.0. The average Bonchev–Trinajstić information content (AvgIpc) is 2.61. The summed E-state index contributed by atoms with van der Waals surface area (Å²) in [5.41, 5.74) is 1.71. The Morgan fingerprint density at radius 2 is 1.88 bits per heavy atom. The lowest BCUT2D eigenvalue weighted by Gasteiger charge is -2.38. The smallest absolute Gasteiger partial charge is 0.246 e. The minimum Gasteiger partial charge on any atom is -0.357 e. The first-order valence-electron chi connectivity index (χ1n) is 8.37. The Morgan fingerprint density at radius 3 is 2.54 bits per heavy atom. The fraction of sp³-hybridized carbons (Fsp3) is 0.316. The van der Waals surface area contributed by atoms with Crippen LogP contribution in [-0.2, 0) is 11.3 Å². The number of carbonyl (C=O) groups excluding carboxylic acids is 1. The molecule has 0 radical (unpaired) electrons. The molecule has 0 bridgehead atoms. The Morgan fingerprint density at radius 1 is 1.23 bits per heavy atom. The standard InChI is InChI=1S/C19H20Cl2FN3O/c1-24(12-13-8-14(20)10-15(21)9-13)19(26)18-11-23-6-7-25(18)17-4-2-16(22)3-5-17/h2-5,8-10,18,23H,6-7,11-12H2,1H3. The second kappa shape index (κ2) is 8.25. The van der Waals surface area contributed by atoms with E-state index in [1.54, 1.807) is 42.3 Å². The van der Waals surface area contributed by atoms with Crippen LogP contribution in [0.15, 0.2) is 42.5 Å². The molecule has 138 valence electrons. The lowest BCUT2D eigenvalue weighted by molar-refractivity contribution is -0.132. The maximum absolute atomic E-state index is 13.2. The van der Waals surface area contributed by atoms with Crippen LogP contribution in [0.2, 0.25) is 10.0 Å². The first-order valence-corrected chi connectivity index (χ1v) is 9.12. The summed E-state index contributed by atoms with van der Waals surface area (Å²) in [6, 6.07) is 11.1. The number of rotatable bonds is 4. The van der Waals surface area contributed by atoms with E-state index in [9.17, 15) is 9.18 Å². The third-order valence-electron chi connectivity index (χ3n) is 4.41. The first-order chi connectivity index (χ1) is 12.4. The number of likely N-dealkylation sites (N-methyl/N-ethyl adjacent to an activating group) is 1. The van der Waals surface area contributed by atoms with Crippen molar-refractivity contribution in [2.75, 3.05) is 31.6 Å². The molecule has 1 amide bonds. The third-order valence-corrected chi connectivity index (χ3v) is 4.84. The van der Waals surface area contributed by atoms with Gasteiger partial charge >= 0.3 is 0 Å². The maximum Gasteiger partial charge on any atom is 0.246 e. The number of halogens is 3. The van der Waals surface area contributed by atoms with E-state index in [2.05, 4.69) is 5.32 Å². The molecule has 1 saturated heterocycles. The number of benzene rings is 2. The zero-order valence-corrected chi connectivity index (χ0v) is 15.9. The van der Waals surface area contributed by atoms with Crippen LogP contribution in [0.1, 0.15) is 5.56 Å². The number of piperazine rings is 1. The average molecular weight is 396 g/mol. The highest BCUT2D eigenvalue weighted by Gasteiger charge is 2.31. The van der Waals surface area contributed by atoms with Crippen LogP contribution >= 0.6 is 23.2 Å². The van der Waals surface area contributed by atoms with Gasteiger partial charge in [-0.05, 0) is 48.0 Å². The molecule has 26 heavy (non-hydrogen) atoms. The van der Waals surface area contributed by atoms with E-state index in [-0.39, 0.29) is 17.8 Å². The van der Waals surface area contributed by atoms with E-state index in [1.807, 2.05) is 4.90 Å². The number of nitrogens with zero attached hydrogens (tertiary/aromatic N) is 2. The molecule has 1 fully saturated rings. The van der Waals surface area contributed by atoms with E-state index in [0.29, 0.717) is 29.7 Å². The minimum absolute atomic E-state index is 0.0161. The topological polar surface area (TPSA) is 35.6 Å². The van der Waals surface area contributed by atoms with Crippen molar-refractivity contribution < 1.29 is 9.18 Å². The predicted molar refractivity (Wildman–Crippen MR) is 103 cm³/mol. The number of nitrogens with one attached hydrogen (secondary N) is 1. The number of amides is 1. The fourth-order valence-electron chi connectivity index (χ4n) is 3.17. The van der Waals surface area contributed by atoms with Gasteiger partial charge in [-0.25, -0.2) is 4.39 Å². The SMILES string of the molecule is CN(Cc1cc(Cl)cc(Cl)c1)C(=O)C1CNCCN1c1ccc(F)cc1. The molecule has 3 rings (SSSR count). The predicted octanol–water partition coefficient (Wildman–Crippen LogP) is 3.57. The second-order valence-electron chi connectivity index (χ2n) is 6.36. The van der Waals surface area contributed by atoms with Gasteiger partial charge in [0.25, 0.3) is 0 Å². The van der Waals surface area contributed by atoms with Crippen LogP contribution in [0.4, 0.5) is 10.1 Å². The van der Waals surface area contributed by atoms with Gasteiger partial charge in [0, 0.05) is 49.0 Å². The fourth-order valence-corrected chi connectivity index (χ4v) is 3.75. The van der Waals surface area contributed by atoms with Gasteiger partial charge in [-0.2, -0.15) is 0 Å². The molecular formula is C19H20Cl2FN3O. The van der Waals surface area contributed by atoms with Crippen LogP contribution in [0.25, 0.3) is 0 Å². The van der Waals surface area contributed by atoms with Gasteiger partial charge in [0.05, 0.1) is 0 Å². The molecular weight excluding hydrogens is 376 g/mol. The molecule has 1 aliphatic heterocycles. The van der Waals surface area contributed by atoms with Crippen molar-refractivity contribution in [3.05, 3.63) is 63.9 Å². The molecule has 2 aromatic carbocycles. The van der Waals surface area contributed by atoms with Gasteiger partial charge in [-0.3, -0.25) is 4.79 Å². The van der Waals surface area contributed by atoms with Crippen LogP contribution in [-0.4, -0.2) is 43.5 Å². The quantitative estimate of drug-likeness (QED) is 0.859. The second-order valence-corrected chi connectivity index (χ2v) is 7.23. The summed E-state index contributed by atoms with van der Waals surface area (Å²) >= 11 is 12.1. The van der Waals surface area contributed by atoms with Crippen molar-refractivity contribution in [3.8, 4) is 0 Å². The molecule has 1 N–H and O–H groups in total. The van der Waals surface area contributed by atoms with Gasteiger partial charge < -0.3 is 15.1 Å². The van der Waals surface area contributed by atoms with Crippen LogP contribution in [0.5, 0.6) is 0 Å². The van der Waals surface area contributed by atoms with Crippen molar-refractivity contribution in [1.29, 1.82) is 0 Å². The summed E-state index contributed by atoms with van der Waals surface area (Å²) < 4.78 is 13.2.